The second-order valence-corrected chi connectivity index (χ2v) is 6.20. The molecule has 0 bridgehead atoms. The zero-order chi connectivity index (χ0) is 22.8. The predicted molar refractivity (Wildman–Crippen MR) is 98.8 cm³/mol. The summed E-state index contributed by atoms with van der Waals surface area (Å²) >= 11 is 0. The van der Waals surface area contributed by atoms with Crippen LogP contribution in [0.2, 0.25) is 0 Å². The summed E-state index contributed by atoms with van der Waals surface area (Å²) in [5.74, 6) is -4.27. The van der Waals surface area contributed by atoms with E-state index in [4.69, 9.17) is 0 Å². The molecule has 1 heterocycles. The van der Waals surface area contributed by atoms with Crippen LogP contribution in [0.25, 0.3) is 0 Å². The summed E-state index contributed by atoms with van der Waals surface area (Å²) in [6.45, 7) is 3.15. The van der Waals surface area contributed by atoms with Gasteiger partial charge in [0.25, 0.3) is 11.8 Å². The van der Waals surface area contributed by atoms with Gasteiger partial charge < -0.3 is 26.0 Å². The van der Waals surface area contributed by atoms with Crippen LogP contribution in [0.4, 0.5) is 0 Å². The van der Waals surface area contributed by atoms with Gasteiger partial charge in [0, 0.05) is 25.6 Å². The molecule has 164 valence electrons. The molecule has 0 spiro atoms. The second kappa shape index (κ2) is 11.3. The van der Waals surface area contributed by atoms with Crippen molar-refractivity contribution < 1.29 is 38.3 Å². The number of imide groups is 1. The number of carbonyl (C=O) groups excluding carboxylic acids is 7. The van der Waals surface area contributed by atoms with Gasteiger partial charge in [0.1, 0.15) is 18.1 Å². The van der Waals surface area contributed by atoms with Crippen LogP contribution in [0.15, 0.2) is 12.2 Å². The van der Waals surface area contributed by atoms with Gasteiger partial charge in [0.05, 0.1) is 0 Å². The summed E-state index contributed by atoms with van der Waals surface area (Å²) in [6.07, 6.45) is 2.26. The lowest BCUT2D eigenvalue weighted by atomic mass is 10.2. The van der Waals surface area contributed by atoms with Crippen LogP contribution >= 0.6 is 0 Å². The number of esters is 1. The van der Waals surface area contributed by atoms with E-state index in [1.54, 1.807) is 0 Å². The number of amides is 6. The van der Waals surface area contributed by atoms with Crippen molar-refractivity contribution in [3.05, 3.63) is 12.2 Å². The van der Waals surface area contributed by atoms with Crippen molar-refractivity contribution >= 4 is 41.9 Å². The number of hydrogen-bond acceptors (Lipinski definition) is 8. The highest BCUT2D eigenvalue weighted by atomic mass is 16.5. The summed E-state index contributed by atoms with van der Waals surface area (Å²) in [6, 6.07) is -3.52. The summed E-state index contributed by atoms with van der Waals surface area (Å²) in [5.41, 5.74) is 0. The third-order valence-corrected chi connectivity index (χ3v) is 3.88. The highest BCUT2D eigenvalue weighted by Crippen LogP contribution is 2.09. The molecule has 30 heavy (non-hydrogen) atoms. The molecule has 3 atom stereocenters. The van der Waals surface area contributed by atoms with Crippen molar-refractivity contribution in [2.24, 2.45) is 0 Å². The van der Waals surface area contributed by atoms with Crippen LogP contribution in [0.1, 0.15) is 20.8 Å². The quantitative estimate of drug-likeness (QED) is 0.115. The Bertz CT molecular complexity index is 747. The number of rotatable bonds is 11. The minimum atomic E-state index is -1.37. The van der Waals surface area contributed by atoms with E-state index in [0.717, 1.165) is 12.2 Å². The maximum atomic E-state index is 12.5. The fourth-order valence-electron chi connectivity index (χ4n) is 2.32. The average molecular weight is 425 g/mol. The van der Waals surface area contributed by atoms with E-state index < -0.39 is 53.6 Å². The van der Waals surface area contributed by atoms with Crippen LogP contribution in [0.5, 0.6) is 0 Å². The predicted octanol–water partition coefficient (Wildman–Crippen LogP) is -3.33. The van der Waals surface area contributed by atoms with E-state index >= 15 is 0 Å². The van der Waals surface area contributed by atoms with Gasteiger partial charge in [0.15, 0.2) is 6.73 Å². The van der Waals surface area contributed by atoms with Gasteiger partial charge >= 0.3 is 5.97 Å². The third-order valence-electron chi connectivity index (χ3n) is 3.88. The molecule has 0 aromatic carbocycles. The molecular weight excluding hydrogens is 402 g/mol. The molecule has 13 heteroatoms. The van der Waals surface area contributed by atoms with Gasteiger partial charge in [-0.05, 0) is 13.8 Å². The monoisotopic (exact) mass is 425 g/mol. The molecule has 0 saturated carbocycles. The second-order valence-electron chi connectivity index (χ2n) is 6.20. The molecule has 1 aliphatic heterocycles. The average Bonchev–Trinajstić information content (AvgIpc) is 3.00. The standard InChI is InChI=1S/C17H23N5O8/c1-9(15(27)19-8-30-11(3)24)20-16(28)10(2)21-17(29)12(6-18-7-23)22-13(25)4-5-14(22)26/h4-5,7,9-10,12H,6,8H2,1-3H3,(H,18,23)(H,19,27)(H,20,28)(H,21,29)/t9-,10-,12?/m0/s1. The van der Waals surface area contributed by atoms with Gasteiger partial charge in [0.2, 0.25) is 24.1 Å². The van der Waals surface area contributed by atoms with E-state index in [-0.39, 0.29) is 13.3 Å². The molecule has 0 aromatic heterocycles. The van der Waals surface area contributed by atoms with Crippen LogP contribution in [-0.2, 0) is 38.3 Å². The highest BCUT2D eigenvalue weighted by Gasteiger charge is 2.36. The van der Waals surface area contributed by atoms with Gasteiger partial charge in [-0.25, -0.2) is 0 Å². The van der Waals surface area contributed by atoms with Gasteiger partial charge in [-0.2, -0.15) is 0 Å². The SMILES string of the molecule is CC(=O)OCNC(=O)[C@H](C)NC(=O)[C@H](C)NC(=O)C(CNC=O)N1C(=O)C=CC1=O. The number of nitrogens with one attached hydrogen (secondary N) is 4. The molecule has 0 aromatic rings. The molecule has 1 aliphatic rings. The fraction of sp³-hybridized carbons (Fsp3) is 0.471. The lowest BCUT2D eigenvalue weighted by Gasteiger charge is -2.26. The molecule has 0 radical (unpaired) electrons. The number of carbonyl (C=O) groups is 7. The number of hydrogen-bond donors (Lipinski definition) is 4. The van der Waals surface area contributed by atoms with E-state index in [0.29, 0.717) is 11.3 Å². The Balaban J connectivity index is 2.66. The minimum absolute atomic E-state index is 0.297. The first-order valence-corrected chi connectivity index (χ1v) is 8.82. The maximum Gasteiger partial charge on any atom is 0.304 e. The van der Waals surface area contributed by atoms with Gasteiger partial charge in [-0.1, -0.05) is 0 Å². The maximum absolute atomic E-state index is 12.5. The Morgan fingerprint density at radius 3 is 2.07 bits per heavy atom. The first-order valence-electron chi connectivity index (χ1n) is 8.82. The molecule has 1 unspecified atom stereocenters. The number of nitrogens with zero attached hydrogens (tertiary/aromatic N) is 1. The van der Waals surface area contributed by atoms with Crippen LogP contribution < -0.4 is 21.3 Å². The zero-order valence-corrected chi connectivity index (χ0v) is 16.6. The zero-order valence-electron chi connectivity index (χ0n) is 16.6. The van der Waals surface area contributed by atoms with Crippen molar-refractivity contribution in [2.45, 2.75) is 38.9 Å². The Morgan fingerprint density at radius 1 is 1.00 bits per heavy atom. The normalized spacial score (nSPS) is 15.6. The molecule has 0 fully saturated rings. The van der Waals surface area contributed by atoms with Gasteiger partial charge in [-0.15, -0.1) is 0 Å². The van der Waals surface area contributed by atoms with Crippen LogP contribution in [-0.4, -0.2) is 78.2 Å². The molecule has 6 amide bonds. The summed E-state index contributed by atoms with van der Waals surface area (Å²) in [7, 11) is 0. The first-order chi connectivity index (χ1) is 14.1. The Labute approximate surface area is 171 Å². The van der Waals surface area contributed by atoms with E-state index in [1.807, 2.05) is 0 Å². The van der Waals surface area contributed by atoms with Crippen LogP contribution in [0, 0.1) is 0 Å². The summed E-state index contributed by atoms with van der Waals surface area (Å²) in [5, 5.41) is 9.17. The summed E-state index contributed by atoms with van der Waals surface area (Å²) in [4.78, 5) is 82.1. The lowest BCUT2D eigenvalue weighted by molar-refractivity contribution is -0.146. The molecular formula is C17H23N5O8. The van der Waals surface area contributed by atoms with E-state index in [9.17, 15) is 33.6 Å². The molecule has 1 rings (SSSR count). The van der Waals surface area contributed by atoms with Crippen molar-refractivity contribution in [1.29, 1.82) is 0 Å². The topological polar surface area (TPSA) is 180 Å². The highest BCUT2D eigenvalue weighted by molar-refractivity contribution is 6.15. The van der Waals surface area contributed by atoms with E-state index in [1.165, 1.54) is 20.8 Å². The summed E-state index contributed by atoms with van der Waals surface area (Å²) < 4.78 is 4.56. The number of ether oxygens (including phenoxy) is 1. The van der Waals surface area contributed by atoms with Crippen molar-refractivity contribution in [2.75, 3.05) is 13.3 Å². The Hall–Kier alpha value is -3.77. The molecule has 0 aliphatic carbocycles. The first kappa shape index (κ1) is 24.3. The molecule has 4 N–H and O–H groups in total. The largest absolute Gasteiger partial charge is 0.445 e. The van der Waals surface area contributed by atoms with Crippen molar-refractivity contribution in [3.63, 3.8) is 0 Å². The molecule has 0 saturated heterocycles. The fourth-order valence-corrected chi connectivity index (χ4v) is 2.32. The van der Waals surface area contributed by atoms with Gasteiger partial charge in [-0.3, -0.25) is 38.5 Å². The van der Waals surface area contributed by atoms with Crippen LogP contribution in [0.3, 0.4) is 0 Å². The van der Waals surface area contributed by atoms with Crippen molar-refractivity contribution in [1.82, 2.24) is 26.2 Å². The Morgan fingerprint density at radius 2 is 1.53 bits per heavy atom. The Kier molecular flexibility index (Phi) is 9.13. The molecule has 13 nitrogen and oxygen atoms in total. The van der Waals surface area contributed by atoms with Crippen molar-refractivity contribution in [3.8, 4) is 0 Å². The minimum Gasteiger partial charge on any atom is -0.445 e. The van der Waals surface area contributed by atoms with E-state index in [2.05, 4.69) is 26.0 Å². The lowest BCUT2D eigenvalue weighted by Crippen LogP contribution is -2.58. The third kappa shape index (κ3) is 7.00. The smallest absolute Gasteiger partial charge is 0.304 e.